The number of carbonyl (C=O) groups excluding carboxylic acids is 1. The number of ether oxygens (including phenoxy) is 1. The van der Waals surface area contributed by atoms with Crippen LogP contribution in [0.4, 0.5) is 0 Å². The number of aldehydes is 1. The van der Waals surface area contributed by atoms with Crippen LogP contribution in [0.15, 0.2) is 97.3 Å². The molecule has 1 aromatic heterocycles. The number of aliphatic carboxylic acids is 1. The van der Waals surface area contributed by atoms with E-state index < -0.39 is 5.97 Å². The third kappa shape index (κ3) is 5.22. The Balaban J connectivity index is 1.91. The third-order valence-electron chi connectivity index (χ3n) is 5.12. The van der Waals surface area contributed by atoms with E-state index in [0.717, 1.165) is 40.2 Å². The summed E-state index contributed by atoms with van der Waals surface area (Å²) in [4.78, 5) is 27.0. The fraction of sp³-hybridized carbons (Fsp3) is 0.0357. The number of hydrogen-bond acceptors (Lipinski definition) is 4. The molecule has 0 saturated carbocycles. The minimum absolute atomic E-state index is 0.357. The number of carboxylic acid groups (broad SMARTS) is 1. The van der Waals surface area contributed by atoms with Gasteiger partial charge in [-0.2, -0.15) is 0 Å². The molecule has 0 atom stereocenters. The van der Waals surface area contributed by atoms with Gasteiger partial charge in [-0.25, -0.2) is 4.79 Å². The first-order valence-corrected chi connectivity index (χ1v) is 10.4. The minimum Gasteiger partial charge on any atom is -0.488 e. The third-order valence-corrected chi connectivity index (χ3v) is 5.12. The Labute approximate surface area is 191 Å². The molecule has 0 aliphatic rings. The second-order valence-corrected chi connectivity index (χ2v) is 7.33. The molecule has 4 aromatic rings. The first kappa shape index (κ1) is 21.7. The molecule has 5 heteroatoms. The number of benzene rings is 3. The topological polar surface area (TPSA) is 76.5 Å². The van der Waals surface area contributed by atoms with Crippen LogP contribution in [-0.2, 0) is 11.4 Å². The van der Waals surface area contributed by atoms with Crippen LogP contribution >= 0.6 is 0 Å². The van der Waals surface area contributed by atoms with Crippen LogP contribution in [0, 0.1) is 0 Å². The number of carbonyl (C=O) groups is 2. The Morgan fingerprint density at radius 1 is 0.939 bits per heavy atom. The highest BCUT2D eigenvalue weighted by Gasteiger charge is 2.17. The molecule has 0 fully saturated rings. The Kier molecular flexibility index (Phi) is 6.71. The van der Waals surface area contributed by atoms with Gasteiger partial charge in [0, 0.05) is 35.2 Å². The van der Waals surface area contributed by atoms with Crippen molar-refractivity contribution in [2.24, 2.45) is 0 Å². The van der Waals surface area contributed by atoms with Gasteiger partial charge in [0.05, 0.1) is 0 Å². The molecule has 162 valence electrons. The lowest BCUT2D eigenvalue weighted by atomic mass is 9.90. The monoisotopic (exact) mass is 435 g/mol. The van der Waals surface area contributed by atoms with Gasteiger partial charge in [0.2, 0.25) is 0 Å². The van der Waals surface area contributed by atoms with Crippen molar-refractivity contribution in [3.8, 4) is 28.0 Å². The van der Waals surface area contributed by atoms with Gasteiger partial charge in [-0.1, -0.05) is 60.7 Å². The van der Waals surface area contributed by atoms with Crippen molar-refractivity contribution < 1.29 is 19.4 Å². The van der Waals surface area contributed by atoms with Crippen molar-refractivity contribution >= 4 is 18.3 Å². The van der Waals surface area contributed by atoms with E-state index in [-0.39, 0.29) is 0 Å². The number of nitrogens with zero attached hydrogens (tertiary/aromatic N) is 1. The molecule has 33 heavy (non-hydrogen) atoms. The van der Waals surface area contributed by atoms with E-state index in [0.29, 0.717) is 23.5 Å². The second-order valence-electron chi connectivity index (χ2n) is 7.33. The van der Waals surface area contributed by atoms with Crippen molar-refractivity contribution in [2.45, 2.75) is 6.61 Å². The molecule has 0 amide bonds. The molecule has 0 aliphatic heterocycles. The smallest absolute Gasteiger partial charge is 0.328 e. The number of aromatic nitrogens is 1. The highest BCUT2D eigenvalue weighted by Crippen LogP contribution is 2.40. The van der Waals surface area contributed by atoms with Crippen LogP contribution in [0.5, 0.6) is 5.75 Å². The summed E-state index contributed by atoms with van der Waals surface area (Å²) in [7, 11) is 0. The fourth-order valence-electron chi connectivity index (χ4n) is 3.62. The summed E-state index contributed by atoms with van der Waals surface area (Å²) in [6.07, 6.45) is 6.84. The summed E-state index contributed by atoms with van der Waals surface area (Å²) in [6.45, 7) is 0.357. The van der Waals surface area contributed by atoms with Crippen molar-refractivity contribution in [3.63, 3.8) is 0 Å². The van der Waals surface area contributed by atoms with E-state index in [1.165, 1.54) is 0 Å². The molecule has 5 nitrogen and oxygen atoms in total. The maximum Gasteiger partial charge on any atom is 0.328 e. The molecular weight excluding hydrogens is 414 g/mol. The van der Waals surface area contributed by atoms with Gasteiger partial charge in [-0.3, -0.25) is 9.78 Å². The summed E-state index contributed by atoms with van der Waals surface area (Å²) < 4.78 is 6.20. The van der Waals surface area contributed by atoms with Gasteiger partial charge in [0.25, 0.3) is 0 Å². The molecule has 0 aliphatic carbocycles. The van der Waals surface area contributed by atoms with E-state index in [1.807, 2.05) is 60.7 Å². The van der Waals surface area contributed by atoms with Crippen molar-refractivity contribution in [2.75, 3.05) is 0 Å². The molecule has 0 radical (unpaired) electrons. The zero-order valence-corrected chi connectivity index (χ0v) is 17.7. The van der Waals surface area contributed by atoms with Crippen molar-refractivity contribution in [3.05, 3.63) is 114 Å². The number of pyridine rings is 1. The molecule has 1 heterocycles. The maximum absolute atomic E-state index is 11.4. The predicted molar refractivity (Wildman–Crippen MR) is 128 cm³/mol. The van der Waals surface area contributed by atoms with Crippen LogP contribution in [-0.4, -0.2) is 22.3 Å². The van der Waals surface area contributed by atoms with Gasteiger partial charge in [-0.15, -0.1) is 0 Å². The Morgan fingerprint density at radius 2 is 1.76 bits per heavy atom. The lowest BCUT2D eigenvalue weighted by Crippen LogP contribution is -2.00. The summed E-state index contributed by atoms with van der Waals surface area (Å²) in [6, 6.07) is 24.5. The van der Waals surface area contributed by atoms with E-state index in [4.69, 9.17) is 4.74 Å². The summed E-state index contributed by atoms with van der Waals surface area (Å²) >= 11 is 0. The lowest BCUT2D eigenvalue weighted by Gasteiger charge is -2.18. The molecular formula is C28H21NO4. The minimum atomic E-state index is -1.06. The highest BCUT2D eigenvalue weighted by molar-refractivity contribution is 5.94. The number of rotatable bonds is 8. The SMILES string of the molecule is O=Cc1cccc(-c2ccc(OCc3ccccc3)c(-c3cccnc3)c2C=CC(=O)O)c1. The Morgan fingerprint density at radius 3 is 2.48 bits per heavy atom. The zero-order valence-electron chi connectivity index (χ0n) is 17.7. The normalized spacial score (nSPS) is 10.8. The van der Waals surface area contributed by atoms with Crippen LogP contribution in [0.1, 0.15) is 21.5 Å². The lowest BCUT2D eigenvalue weighted by molar-refractivity contribution is -0.131. The first-order chi connectivity index (χ1) is 16.2. The fourth-order valence-corrected chi connectivity index (χ4v) is 3.62. The molecule has 0 saturated heterocycles. The van der Waals surface area contributed by atoms with Gasteiger partial charge in [0.1, 0.15) is 18.6 Å². The molecule has 3 aromatic carbocycles. The van der Waals surface area contributed by atoms with Crippen LogP contribution in [0.25, 0.3) is 28.3 Å². The van der Waals surface area contributed by atoms with E-state index >= 15 is 0 Å². The molecule has 0 unspecified atom stereocenters. The predicted octanol–water partition coefficient (Wildman–Crippen LogP) is 5.90. The van der Waals surface area contributed by atoms with Gasteiger partial charge < -0.3 is 9.84 Å². The molecule has 4 rings (SSSR count). The average Bonchev–Trinajstić information content (AvgIpc) is 2.87. The van der Waals surface area contributed by atoms with Crippen LogP contribution in [0.3, 0.4) is 0 Å². The summed E-state index contributed by atoms with van der Waals surface area (Å²) in [5.74, 6) is -0.456. The van der Waals surface area contributed by atoms with Gasteiger partial charge in [-0.05, 0) is 46.5 Å². The number of hydrogen-bond donors (Lipinski definition) is 1. The zero-order chi connectivity index (χ0) is 23.0. The quantitative estimate of drug-likeness (QED) is 0.275. The van der Waals surface area contributed by atoms with Crippen molar-refractivity contribution in [1.82, 2.24) is 4.98 Å². The summed E-state index contributed by atoms with van der Waals surface area (Å²) in [5, 5.41) is 9.32. The average molecular weight is 435 g/mol. The standard InChI is InChI=1S/C28H21NO4/c30-18-21-8-4-9-22(16-21)24-11-13-26(33-19-20-6-2-1-3-7-20)28(23-10-5-15-29-17-23)25(24)12-14-27(31)32/h1-18H,19H2,(H,31,32). The van der Waals surface area contributed by atoms with E-state index in [2.05, 4.69) is 4.98 Å². The van der Waals surface area contributed by atoms with E-state index in [9.17, 15) is 14.7 Å². The molecule has 1 N–H and O–H groups in total. The largest absolute Gasteiger partial charge is 0.488 e. The Hall–Kier alpha value is -4.51. The second kappa shape index (κ2) is 10.2. The van der Waals surface area contributed by atoms with Crippen LogP contribution in [0.2, 0.25) is 0 Å². The first-order valence-electron chi connectivity index (χ1n) is 10.4. The summed E-state index contributed by atoms with van der Waals surface area (Å²) in [5.41, 5.74) is 5.31. The van der Waals surface area contributed by atoms with Crippen molar-refractivity contribution in [1.29, 1.82) is 0 Å². The number of carboxylic acids is 1. The van der Waals surface area contributed by atoms with Gasteiger partial charge in [0.15, 0.2) is 0 Å². The maximum atomic E-state index is 11.4. The van der Waals surface area contributed by atoms with Gasteiger partial charge >= 0.3 is 5.97 Å². The Bertz CT molecular complexity index is 1300. The molecule has 0 bridgehead atoms. The highest BCUT2D eigenvalue weighted by atomic mass is 16.5. The molecule has 0 spiro atoms. The van der Waals surface area contributed by atoms with E-state index in [1.54, 1.807) is 36.7 Å². The van der Waals surface area contributed by atoms with Crippen LogP contribution < -0.4 is 4.74 Å².